The molecule has 0 aliphatic heterocycles. The summed E-state index contributed by atoms with van der Waals surface area (Å²) in [6, 6.07) is 11.7. The lowest BCUT2D eigenvalue weighted by atomic mass is 9.86. The highest BCUT2D eigenvalue weighted by atomic mass is 16.5. The van der Waals surface area contributed by atoms with Crippen LogP contribution >= 0.6 is 0 Å². The molecule has 0 aliphatic carbocycles. The normalized spacial score (nSPS) is 12.2. The summed E-state index contributed by atoms with van der Waals surface area (Å²) in [6.45, 7) is 11.0. The van der Waals surface area contributed by atoms with Crippen molar-refractivity contribution in [3.63, 3.8) is 0 Å². The summed E-state index contributed by atoms with van der Waals surface area (Å²) in [5.41, 5.74) is 1.02. The van der Waals surface area contributed by atoms with Gasteiger partial charge in [-0.15, -0.1) is 0 Å². The Kier molecular flexibility index (Phi) is 6.57. The minimum Gasteiger partial charge on any atom is -0.507 e. The third-order valence-corrected chi connectivity index (χ3v) is 4.11. The number of ether oxygens (including phenoxy) is 1. The van der Waals surface area contributed by atoms with Gasteiger partial charge in [-0.25, -0.2) is 0 Å². The number of nitrogens with zero attached hydrogens (tertiary/aromatic N) is 2. The maximum absolute atomic E-state index is 12.5. The van der Waals surface area contributed by atoms with E-state index < -0.39 is 10.8 Å². The fraction of sp³-hybridized carbons (Fsp3) is 0.391. The number of ketones is 1. The molecule has 2 aromatic carbocycles. The van der Waals surface area contributed by atoms with Crippen molar-refractivity contribution >= 4 is 23.1 Å². The van der Waals surface area contributed by atoms with Crippen LogP contribution in [-0.2, 0) is 16.1 Å². The summed E-state index contributed by atoms with van der Waals surface area (Å²) in [5, 5.41) is 18.3. The summed E-state index contributed by atoms with van der Waals surface area (Å²) < 4.78 is 5.29. The van der Waals surface area contributed by atoms with Gasteiger partial charge in [-0.3, -0.25) is 9.59 Å². The Bertz CT molecular complexity index is 917. The lowest BCUT2D eigenvalue weighted by molar-refractivity contribution is -0.154. The van der Waals surface area contributed by atoms with Crippen LogP contribution in [0.4, 0.5) is 11.4 Å². The van der Waals surface area contributed by atoms with E-state index >= 15 is 0 Å². The van der Waals surface area contributed by atoms with Crippen LogP contribution in [0.2, 0.25) is 0 Å². The van der Waals surface area contributed by atoms with Gasteiger partial charge < -0.3 is 9.84 Å². The maximum Gasteiger partial charge on any atom is 0.311 e. The summed E-state index contributed by atoms with van der Waals surface area (Å²) in [7, 11) is 0. The van der Waals surface area contributed by atoms with E-state index in [1.54, 1.807) is 39.0 Å². The first-order valence-corrected chi connectivity index (χ1v) is 9.43. The zero-order chi connectivity index (χ0) is 21.8. The number of hydrogen-bond donors (Lipinski definition) is 1. The zero-order valence-corrected chi connectivity index (χ0v) is 17.8. The number of carbonyl (C=O) groups is 2. The SMILES string of the molecule is CC(C)(C)C(=O)OCc1ccc(/N=N/c2ccc(O)c(C(=O)C(C)(C)C)c2)cc1. The van der Waals surface area contributed by atoms with Crippen molar-refractivity contribution < 1.29 is 19.4 Å². The predicted octanol–water partition coefficient (Wildman–Crippen LogP) is 6.13. The smallest absolute Gasteiger partial charge is 0.311 e. The van der Waals surface area contributed by atoms with Crippen molar-refractivity contribution in [1.82, 2.24) is 0 Å². The van der Waals surface area contributed by atoms with E-state index in [-0.39, 0.29) is 29.7 Å². The molecule has 154 valence electrons. The van der Waals surface area contributed by atoms with E-state index in [0.717, 1.165) is 5.56 Å². The highest BCUT2D eigenvalue weighted by Crippen LogP contribution is 2.30. The van der Waals surface area contributed by atoms with Crippen LogP contribution in [0, 0.1) is 10.8 Å². The minimum absolute atomic E-state index is 0.0713. The molecule has 0 radical (unpaired) electrons. The van der Waals surface area contributed by atoms with Gasteiger partial charge in [0.2, 0.25) is 0 Å². The summed E-state index contributed by atoms with van der Waals surface area (Å²) in [5.74, 6) is -0.492. The first-order chi connectivity index (χ1) is 13.4. The summed E-state index contributed by atoms with van der Waals surface area (Å²) in [6.07, 6.45) is 0. The van der Waals surface area contributed by atoms with Crippen molar-refractivity contribution in [2.24, 2.45) is 21.1 Å². The first-order valence-electron chi connectivity index (χ1n) is 9.43. The maximum atomic E-state index is 12.5. The van der Waals surface area contributed by atoms with Crippen LogP contribution in [0.3, 0.4) is 0 Å². The van der Waals surface area contributed by atoms with Crippen LogP contribution in [-0.4, -0.2) is 16.9 Å². The van der Waals surface area contributed by atoms with Gasteiger partial charge in [-0.05, 0) is 56.7 Å². The molecule has 0 heterocycles. The number of phenolic OH excluding ortho intramolecular Hbond substituents is 1. The number of Topliss-reactive ketones (excluding diaryl/α,β-unsaturated/α-hetero) is 1. The average molecular weight is 396 g/mol. The molecule has 0 aromatic heterocycles. The number of rotatable bonds is 5. The van der Waals surface area contributed by atoms with Gasteiger partial charge in [0.1, 0.15) is 12.4 Å². The van der Waals surface area contributed by atoms with Crippen LogP contribution in [0.1, 0.15) is 57.5 Å². The molecule has 0 fully saturated rings. The molecule has 0 unspecified atom stereocenters. The monoisotopic (exact) mass is 396 g/mol. The Morgan fingerprint density at radius 3 is 1.97 bits per heavy atom. The highest BCUT2D eigenvalue weighted by Gasteiger charge is 2.25. The number of azo groups is 1. The van der Waals surface area contributed by atoms with E-state index in [2.05, 4.69) is 10.2 Å². The predicted molar refractivity (Wildman–Crippen MR) is 112 cm³/mol. The third kappa shape index (κ3) is 6.24. The standard InChI is InChI=1S/C23H28N2O4/c1-22(2,3)20(27)18-13-17(11-12-19(18)26)25-24-16-9-7-15(8-10-16)14-29-21(28)23(4,5)6/h7-13,26H,14H2,1-6H3/b25-24+. The van der Waals surface area contributed by atoms with Gasteiger partial charge in [0.05, 0.1) is 22.4 Å². The second-order valence-electron chi connectivity index (χ2n) is 8.97. The molecule has 29 heavy (non-hydrogen) atoms. The molecule has 0 aliphatic rings. The second kappa shape index (κ2) is 8.55. The molecular weight excluding hydrogens is 368 g/mol. The van der Waals surface area contributed by atoms with Gasteiger partial charge in [0.25, 0.3) is 0 Å². The van der Waals surface area contributed by atoms with Crippen LogP contribution in [0.15, 0.2) is 52.7 Å². The Morgan fingerprint density at radius 1 is 0.862 bits per heavy atom. The number of hydrogen-bond acceptors (Lipinski definition) is 6. The molecule has 0 atom stereocenters. The molecule has 0 saturated heterocycles. The van der Waals surface area contributed by atoms with Gasteiger partial charge >= 0.3 is 5.97 Å². The van der Waals surface area contributed by atoms with Crippen molar-refractivity contribution in [3.05, 3.63) is 53.6 Å². The van der Waals surface area contributed by atoms with Gasteiger partial charge in [-0.1, -0.05) is 32.9 Å². The zero-order valence-electron chi connectivity index (χ0n) is 17.8. The molecule has 0 bridgehead atoms. The van der Waals surface area contributed by atoms with E-state index in [1.165, 1.54) is 12.1 Å². The number of benzene rings is 2. The lowest BCUT2D eigenvalue weighted by Gasteiger charge is -2.17. The topological polar surface area (TPSA) is 88.3 Å². The van der Waals surface area contributed by atoms with Gasteiger partial charge in [0.15, 0.2) is 5.78 Å². The molecular formula is C23H28N2O4. The largest absolute Gasteiger partial charge is 0.507 e. The number of esters is 1. The lowest BCUT2D eigenvalue weighted by Crippen LogP contribution is -2.22. The van der Waals surface area contributed by atoms with Crippen molar-refractivity contribution in [1.29, 1.82) is 0 Å². The van der Waals surface area contributed by atoms with Crippen LogP contribution in [0.5, 0.6) is 5.75 Å². The number of carbonyl (C=O) groups excluding carboxylic acids is 2. The molecule has 6 heteroatoms. The summed E-state index contributed by atoms with van der Waals surface area (Å²) >= 11 is 0. The van der Waals surface area contributed by atoms with Crippen LogP contribution < -0.4 is 0 Å². The Hall–Kier alpha value is -3.02. The molecule has 0 saturated carbocycles. The van der Waals surface area contributed by atoms with Crippen molar-refractivity contribution in [2.75, 3.05) is 0 Å². The second-order valence-corrected chi connectivity index (χ2v) is 8.97. The number of phenols is 1. The quantitative estimate of drug-likeness (QED) is 0.374. The Balaban J connectivity index is 2.09. The first kappa shape index (κ1) is 22.3. The molecule has 2 rings (SSSR count). The van der Waals surface area contributed by atoms with Crippen molar-refractivity contribution in [3.8, 4) is 5.75 Å². The average Bonchev–Trinajstić information content (AvgIpc) is 2.64. The van der Waals surface area contributed by atoms with Crippen molar-refractivity contribution in [2.45, 2.75) is 48.1 Å². The fourth-order valence-corrected chi connectivity index (χ4v) is 2.31. The Morgan fingerprint density at radius 2 is 1.41 bits per heavy atom. The van der Waals surface area contributed by atoms with Crippen LogP contribution in [0.25, 0.3) is 0 Å². The molecule has 1 N–H and O–H groups in total. The minimum atomic E-state index is -0.612. The molecule has 0 amide bonds. The van der Waals surface area contributed by atoms with Gasteiger partial charge in [-0.2, -0.15) is 10.2 Å². The highest BCUT2D eigenvalue weighted by molar-refractivity contribution is 6.02. The van der Waals surface area contributed by atoms with E-state index in [4.69, 9.17) is 4.74 Å². The molecule has 2 aromatic rings. The van der Waals surface area contributed by atoms with E-state index in [0.29, 0.717) is 11.4 Å². The summed E-state index contributed by atoms with van der Waals surface area (Å²) in [4.78, 5) is 24.3. The molecule has 6 nitrogen and oxygen atoms in total. The van der Waals surface area contributed by atoms with Gasteiger partial charge in [0, 0.05) is 5.41 Å². The van der Waals surface area contributed by atoms with E-state index in [1.807, 2.05) is 32.9 Å². The number of aromatic hydroxyl groups is 1. The molecule has 0 spiro atoms. The fourth-order valence-electron chi connectivity index (χ4n) is 2.31. The Labute approximate surface area is 171 Å². The third-order valence-electron chi connectivity index (χ3n) is 4.11. The van der Waals surface area contributed by atoms with E-state index in [9.17, 15) is 14.7 Å².